The number of carbonyl (C=O) groups is 1. The fourth-order valence-corrected chi connectivity index (χ4v) is 2.24. The van der Waals surface area contributed by atoms with Gasteiger partial charge in [-0.25, -0.2) is 4.98 Å². The summed E-state index contributed by atoms with van der Waals surface area (Å²) in [6.07, 6.45) is 2.90. The summed E-state index contributed by atoms with van der Waals surface area (Å²) < 4.78 is 2.00. The monoisotopic (exact) mass is 265 g/mol. The summed E-state index contributed by atoms with van der Waals surface area (Å²) in [5.74, 6) is 0.719. The molecule has 0 saturated carbocycles. The molecular weight excluding hydrogens is 242 g/mol. The maximum absolute atomic E-state index is 12.0. The van der Waals surface area contributed by atoms with E-state index in [1.165, 1.54) is 0 Å². The molecule has 0 unspecified atom stereocenters. The lowest BCUT2D eigenvalue weighted by Gasteiger charge is -2.17. The first-order chi connectivity index (χ1) is 9.24. The predicted molar refractivity (Wildman–Crippen MR) is 75.5 cm³/mol. The average molecular weight is 265 g/mol. The zero-order valence-corrected chi connectivity index (χ0v) is 11.8. The highest BCUT2D eigenvalue weighted by atomic mass is 16.1. The Balaban J connectivity index is 1.84. The van der Waals surface area contributed by atoms with Crippen molar-refractivity contribution in [3.8, 4) is 0 Å². The van der Waals surface area contributed by atoms with Crippen LogP contribution in [0.3, 0.4) is 0 Å². The molecule has 0 bridgehead atoms. The summed E-state index contributed by atoms with van der Waals surface area (Å²) in [6.45, 7) is 9.67. The van der Waals surface area contributed by atoms with Crippen molar-refractivity contribution in [1.82, 2.24) is 19.8 Å². The highest BCUT2D eigenvalue weighted by Crippen LogP contribution is 2.13. The van der Waals surface area contributed by atoms with Crippen molar-refractivity contribution in [2.45, 2.75) is 26.8 Å². The number of likely N-dealkylation sites (N-methyl/N-ethyl adjacent to an activating group) is 1. The van der Waals surface area contributed by atoms with E-state index >= 15 is 0 Å². The summed E-state index contributed by atoms with van der Waals surface area (Å²) in [4.78, 5) is 18.6. The fraction of sp³-hybridized carbons (Fsp3) is 0.692. The van der Waals surface area contributed by atoms with Crippen molar-refractivity contribution in [3.05, 3.63) is 11.9 Å². The number of hydrogen-bond acceptors (Lipinski definition) is 4. The third kappa shape index (κ3) is 3.47. The van der Waals surface area contributed by atoms with E-state index < -0.39 is 0 Å². The van der Waals surface area contributed by atoms with Crippen LogP contribution >= 0.6 is 0 Å². The van der Waals surface area contributed by atoms with Crippen molar-refractivity contribution in [2.24, 2.45) is 0 Å². The largest absolute Gasteiger partial charge is 0.356 e. The number of fused-ring (bicyclic) bond motifs is 1. The van der Waals surface area contributed by atoms with Crippen LogP contribution in [0.4, 0.5) is 5.95 Å². The Hall–Kier alpha value is -1.56. The zero-order chi connectivity index (χ0) is 13.7. The van der Waals surface area contributed by atoms with Crippen LogP contribution in [-0.4, -0.2) is 53.1 Å². The van der Waals surface area contributed by atoms with Gasteiger partial charge in [0, 0.05) is 32.4 Å². The molecule has 1 aromatic heterocycles. The highest BCUT2D eigenvalue weighted by Gasteiger charge is 2.16. The number of anilines is 1. The van der Waals surface area contributed by atoms with Crippen LogP contribution < -0.4 is 10.6 Å². The fourth-order valence-electron chi connectivity index (χ4n) is 2.24. The highest BCUT2D eigenvalue weighted by molar-refractivity contribution is 5.92. The number of aromatic nitrogens is 2. The molecule has 0 fully saturated rings. The van der Waals surface area contributed by atoms with Crippen LogP contribution in [0.15, 0.2) is 6.20 Å². The molecule has 6 nitrogen and oxygen atoms in total. The van der Waals surface area contributed by atoms with Crippen molar-refractivity contribution >= 4 is 11.9 Å². The molecular formula is C13H23N5O. The first-order valence-corrected chi connectivity index (χ1v) is 7.06. The minimum Gasteiger partial charge on any atom is -0.356 e. The number of carbonyl (C=O) groups excluding carboxylic acids is 1. The third-order valence-electron chi connectivity index (χ3n) is 3.48. The quantitative estimate of drug-likeness (QED) is 0.797. The maximum atomic E-state index is 12.0. The zero-order valence-electron chi connectivity index (χ0n) is 11.8. The van der Waals surface area contributed by atoms with Crippen molar-refractivity contribution in [2.75, 3.05) is 38.0 Å². The summed E-state index contributed by atoms with van der Waals surface area (Å²) in [5.41, 5.74) is 0.504. The number of rotatable bonds is 6. The number of hydrogen-bond donors (Lipinski definition) is 2. The molecule has 0 aliphatic carbocycles. The lowest BCUT2D eigenvalue weighted by molar-refractivity contribution is 0.0944. The van der Waals surface area contributed by atoms with Gasteiger partial charge in [0.1, 0.15) is 5.69 Å². The van der Waals surface area contributed by atoms with Gasteiger partial charge in [0.05, 0.1) is 0 Å². The Labute approximate surface area is 114 Å². The lowest BCUT2D eigenvalue weighted by Crippen LogP contribution is -2.34. The van der Waals surface area contributed by atoms with E-state index in [4.69, 9.17) is 0 Å². The Morgan fingerprint density at radius 3 is 3.00 bits per heavy atom. The lowest BCUT2D eigenvalue weighted by atomic mass is 10.4. The van der Waals surface area contributed by atoms with Crippen molar-refractivity contribution in [3.63, 3.8) is 0 Å². The Bertz CT molecular complexity index is 401. The molecule has 1 aliphatic heterocycles. The molecule has 0 radical (unpaired) electrons. The SMILES string of the molecule is CCN(CC)CCNC(=O)c1cn2c(n1)NCCC2. The first-order valence-electron chi connectivity index (χ1n) is 7.06. The topological polar surface area (TPSA) is 62.2 Å². The number of amides is 1. The average Bonchev–Trinajstić information content (AvgIpc) is 2.87. The van der Waals surface area contributed by atoms with Gasteiger partial charge in [0.25, 0.3) is 5.91 Å². The molecule has 0 spiro atoms. The molecule has 0 saturated heterocycles. The van der Waals surface area contributed by atoms with Crippen molar-refractivity contribution < 1.29 is 4.79 Å². The van der Waals surface area contributed by atoms with Crippen LogP contribution in [0.5, 0.6) is 0 Å². The minimum absolute atomic E-state index is 0.0872. The van der Waals surface area contributed by atoms with E-state index in [0.29, 0.717) is 12.2 Å². The first kappa shape index (κ1) is 13.9. The van der Waals surface area contributed by atoms with Crippen LogP contribution in [0.25, 0.3) is 0 Å². The predicted octanol–water partition coefficient (Wildman–Crippen LogP) is 0.770. The molecule has 2 N–H and O–H groups in total. The number of aryl methyl sites for hydroxylation is 1. The van der Waals surface area contributed by atoms with Gasteiger partial charge in [-0.15, -0.1) is 0 Å². The van der Waals surface area contributed by atoms with E-state index in [9.17, 15) is 4.79 Å². The van der Waals surface area contributed by atoms with Gasteiger partial charge in [-0.3, -0.25) is 4.79 Å². The van der Waals surface area contributed by atoms with Crippen molar-refractivity contribution in [1.29, 1.82) is 0 Å². The van der Waals surface area contributed by atoms with Gasteiger partial charge >= 0.3 is 0 Å². The van der Waals surface area contributed by atoms with Gasteiger partial charge in [0.2, 0.25) is 5.95 Å². The Morgan fingerprint density at radius 1 is 1.53 bits per heavy atom. The summed E-state index contributed by atoms with van der Waals surface area (Å²) in [7, 11) is 0. The number of imidazole rings is 1. The van der Waals surface area contributed by atoms with E-state index in [1.807, 2.05) is 10.8 Å². The van der Waals surface area contributed by atoms with Gasteiger partial charge in [-0.2, -0.15) is 0 Å². The third-order valence-corrected chi connectivity index (χ3v) is 3.48. The van der Waals surface area contributed by atoms with Gasteiger partial charge in [-0.1, -0.05) is 13.8 Å². The molecule has 0 aromatic carbocycles. The van der Waals surface area contributed by atoms with E-state index in [1.54, 1.807) is 0 Å². The van der Waals surface area contributed by atoms with E-state index in [0.717, 1.165) is 45.1 Å². The molecule has 19 heavy (non-hydrogen) atoms. The molecule has 2 rings (SSSR count). The second-order valence-corrected chi connectivity index (χ2v) is 4.71. The number of nitrogens with zero attached hydrogens (tertiary/aromatic N) is 3. The Kier molecular flexibility index (Phi) is 4.79. The molecule has 0 atom stereocenters. The normalized spacial score (nSPS) is 14.1. The molecule has 2 heterocycles. The molecule has 6 heteroatoms. The second kappa shape index (κ2) is 6.56. The second-order valence-electron chi connectivity index (χ2n) is 4.71. The van der Waals surface area contributed by atoms with E-state index in [2.05, 4.69) is 34.4 Å². The van der Waals surface area contributed by atoms with Crippen LogP contribution in [0.2, 0.25) is 0 Å². The molecule has 1 amide bonds. The van der Waals surface area contributed by atoms with E-state index in [-0.39, 0.29) is 5.91 Å². The van der Waals surface area contributed by atoms with Gasteiger partial charge < -0.3 is 20.1 Å². The van der Waals surface area contributed by atoms with Crippen LogP contribution in [0.1, 0.15) is 30.8 Å². The molecule has 106 valence electrons. The molecule has 1 aliphatic rings. The van der Waals surface area contributed by atoms with Gasteiger partial charge in [-0.05, 0) is 19.5 Å². The Morgan fingerprint density at radius 2 is 2.32 bits per heavy atom. The van der Waals surface area contributed by atoms with Crippen LogP contribution in [0, 0.1) is 0 Å². The minimum atomic E-state index is -0.0872. The molecule has 1 aromatic rings. The summed E-state index contributed by atoms with van der Waals surface area (Å²) in [6, 6.07) is 0. The summed E-state index contributed by atoms with van der Waals surface area (Å²) in [5, 5.41) is 6.12. The maximum Gasteiger partial charge on any atom is 0.271 e. The van der Waals surface area contributed by atoms with Crippen LogP contribution in [-0.2, 0) is 6.54 Å². The van der Waals surface area contributed by atoms with Gasteiger partial charge in [0.15, 0.2) is 0 Å². The standard InChI is InChI=1S/C13H23N5O/c1-3-17(4-2)9-7-14-12(19)11-10-18-8-5-6-15-13(18)16-11/h10H,3-9H2,1-2H3,(H,14,19)(H,15,16). The number of nitrogens with one attached hydrogen (secondary N) is 2. The smallest absolute Gasteiger partial charge is 0.271 e. The summed E-state index contributed by atoms with van der Waals surface area (Å²) >= 11 is 0.